The number of aryl methyl sites for hydroxylation is 1. The Labute approximate surface area is 90.9 Å². The topological polar surface area (TPSA) is 32.9 Å². The van der Waals surface area contributed by atoms with Crippen molar-refractivity contribution in [3.8, 4) is 0 Å². The summed E-state index contributed by atoms with van der Waals surface area (Å²) in [5, 5.41) is -0.208. The van der Waals surface area contributed by atoms with Crippen molar-refractivity contribution in [1.82, 2.24) is 4.98 Å². The molecule has 0 spiro atoms. The quantitative estimate of drug-likeness (QED) is 0.834. The van der Waals surface area contributed by atoms with E-state index in [1.165, 1.54) is 6.07 Å². The maximum atomic E-state index is 13.4. The fourth-order valence-electron chi connectivity index (χ4n) is 1.75. The van der Waals surface area contributed by atoms with Crippen LogP contribution in [0.15, 0.2) is 23.0 Å². The highest BCUT2D eigenvalue weighted by atomic mass is 19.1. The number of aromatic amines is 1. The number of hydrogen-bond donors (Lipinski definition) is 1. The van der Waals surface area contributed by atoms with Crippen molar-refractivity contribution >= 4 is 10.9 Å². The Morgan fingerprint density at radius 1 is 1.25 bits per heavy atom. The van der Waals surface area contributed by atoms with E-state index in [4.69, 9.17) is 0 Å². The predicted octanol–water partition coefficient (Wildman–Crippen LogP) is 2.76. The molecule has 0 amide bonds. The highest BCUT2D eigenvalue weighted by molar-refractivity contribution is 5.79. The predicted molar refractivity (Wildman–Crippen MR) is 58.5 cm³/mol. The molecular weight excluding hydrogens is 212 g/mol. The van der Waals surface area contributed by atoms with Crippen LogP contribution < -0.4 is 5.43 Å². The standard InChI is InChI=1S/C12H11F2NO/c1-2-3-7-6-10(16)11-8(13)4-5-9(14)12(11)15-7/h4-6H,2-3H2,1H3,(H,15,16). The molecule has 1 heterocycles. The minimum Gasteiger partial charge on any atom is -0.356 e. The van der Waals surface area contributed by atoms with Crippen LogP contribution in [-0.2, 0) is 6.42 Å². The molecule has 0 fully saturated rings. The van der Waals surface area contributed by atoms with E-state index in [0.717, 1.165) is 18.6 Å². The summed E-state index contributed by atoms with van der Waals surface area (Å²) >= 11 is 0. The molecule has 2 rings (SSSR count). The molecule has 0 radical (unpaired) electrons. The van der Waals surface area contributed by atoms with E-state index in [-0.39, 0.29) is 10.9 Å². The fraction of sp³-hybridized carbons (Fsp3) is 0.250. The summed E-state index contributed by atoms with van der Waals surface area (Å²) in [4.78, 5) is 14.4. The number of aromatic nitrogens is 1. The fourth-order valence-corrected chi connectivity index (χ4v) is 1.75. The van der Waals surface area contributed by atoms with Gasteiger partial charge < -0.3 is 4.98 Å². The molecule has 16 heavy (non-hydrogen) atoms. The Kier molecular flexibility index (Phi) is 2.73. The first-order chi connectivity index (χ1) is 7.63. The zero-order valence-corrected chi connectivity index (χ0v) is 8.81. The number of rotatable bonds is 2. The molecule has 84 valence electrons. The molecule has 0 saturated carbocycles. The summed E-state index contributed by atoms with van der Waals surface area (Å²) in [6.07, 6.45) is 1.47. The van der Waals surface area contributed by atoms with Gasteiger partial charge in [-0.2, -0.15) is 0 Å². The molecule has 0 saturated heterocycles. The first-order valence-corrected chi connectivity index (χ1v) is 5.13. The molecule has 0 aliphatic carbocycles. The zero-order chi connectivity index (χ0) is 11.7. The average Bonchev–Trinajstić information content (AvgIpc) is 2.23. The van der Waals surface area contributed by atoms with E-state index in [2.05, 4.69) is 4.98 Å². The van der Waals surface area contributed by atoms with Gasteiger partial charge in [-0.1, -0.05) is 13.3 Å². The van der Waals surface area contributed by atoms with Gasteiger partial charge in [-0.3, -0.25) is 4.79 Å². The summed E-state index contributed by atoms with van der Waals surface area (Å²) in [5.74, 6) is -1.30. The molecule has 0 aliphatic rings. The van der Waals surface area contributed by atoms with E-state index < -0.39 is 17.1 Å². The summed E-state index contributed by atoms with van der Waals surface area (Å²) in [7, 11) is 0. The first-order valence-electron chi connectivity index (χ1n) is 5.13. The van der Waals surface area contributed by atoms with Gasteiger partial charge in [0, 0.05) is 11.8 Å². The van der Waals surface area contributed by atoms with Crippen LogP contribution >= 0.6 is 0 Å². The Morgan fingerprint density at radius 3 is 2.62 bits per heavy atom. The van der Waals surface area contributed by atoms with Crippen LogP contribution in [0, 0.1) is 11.6 Å². The van der Waals surface area contributed by atoms with Crippen molar-refractivity contribution in [2.24, 2.45) is 0 Å². The average molecular weight is 223 g/mol. The first kappa shape index (κ1) is 10.8. The second-order valence-electron chi connectivity index (χ2n) is 3.69. The van der Waals surface area contributed by atoms with Crippen molar-refractivity contribution < 1.29 is 8.78 Å². The van der Waals surface area contributed by atoms with Crippen molar-refractivity contribution in [2.45, 2.75) is 19.8 Å². The number of hydrogen-bond acceptors (Lipinski definition) is 1. The highest BCUT2D eigenvalue weighted by Crippen LogP contribution is 2.16. The van der Waals surface area contributed by atoms with E-state index >= 15 is 0 Å². The van der Waals surface area contributed by atoms with Crippen LogP contribution in [0.2, 0.25) is 0 Å². The van der Waals surface area contributed by atoms with Crippen molar-refractivity contribution in [3.63, 3.8) is 0 Å². The Morgan fingerprint density at radius 2 is 1.94 bits per heavy atom. The van der Waals surface area contributed by atoms with E-state index in [9.17, 15) is 13.6 Å². The third-order valence-corrected chi connectivity index (χ3v) is 2.46. The molecular formula is C12H11F2NO. The molecule has 0 bridgehead atoms. The monoisotopic (exact) mass is 223 g/mol. The van der Waals surface area contributed by atoms with Gasteiger partial charge in [0.05, 0.1) is 10.9 Å². The van der Waals surface area contributed by atoms with Gasteiger partial charge in [0.1, 0.15) is 11.6 Å². The third-order valence-electron chi connectivity index (χ3n) is 2.46. The van der Waals surface area contributed by atoms with E-state index in [1.54, 1.807) is 0 Å². The van der Waals surface area contributed by atoms with Crippen LogP contribution in [0.3, 0.4) is 0 Å². The maximum absolute atomic E-state index is 13.4. The Hall–Kier alpha value is -1.71. The lowest BCUT2D eigenvalue weighted by Gasteiger charge is -2.04. The van der Waals surface area contributed by atoms with Gasteiger partial charge >= 0.3 is 0 Å². The number of fused-ring (bicyclic) bond motifs is 1. The molecule has 1 N–H and O–H groups in total. The van der Waals surface area contributed by atoms with Crippen LogP contribution in [0.4, 0.5) is 8.78 Å². The van der Waals surface area contributed by atoms with E-state index in [0.29, 0.717) is 12.1 Å². The minimum atomic E-state index is -0.694. The maximum Gasteiger partial charge on any atom is 0.192 e. The Bertz CT molecular complexity index is 589. The largest absolute Gasteiger partial charge is 0.356 e. The molecule has 0 aliphatic heterocycles. The molecule has 0 atom stereocenters. The second kappa shape index (κ2) is 4.04. The van der Waals surface area contributed by atoms with Crippen LogP contribution in [-0.4, -0.2) is 4.98 Å². The highest BCUT2D eigenvalue weighted by Gasteiger charge is 2.10. The summed E-state index contributed by atoms with van der Waals surface area (Å²) in [5.41, 5.74) is 0.106. The van der Waals surface area contributed by atoms with Gasteiger partial charge in [-0.25, -0.2) is 8.78 Å². The number of nitrogens with one attached hydrogen (secondary N) is 1. The lowest BCUT2D eigenvalue weighted by atomic mass is 10.1. The summed E-state index contributed by atoms with van der Waals surface area (Å²) < 4.78 is 26.8. The van der Waals surface area contributed by atoms with Crippen molar-refractivity contribution in [2.75, 3.05) is 0 Å². The van der Waals surface area contributed by atoms with Crippen LogP contribution in [0.1, 0.15) is 19.0 Å². The minimum absolute atomic E-state index is 0.0454. The Balaban J connectivity index is 2.81. The SMILES string of the molecule is CCCc1cc(=O)c2c(F)ccc(F)c2[nH]1. The lowest BCUT2D eigenvalue weighted by molar-refractivity contribution is 0.614. The molecule has 1 aromatic heterocycles. The third kappa shape index (κ3) is 1.71. The smallest absolute Gasteiger partial charge is 0.192 e. The van der Waals surface area contributed by atoms with Gasteiger partial charge in [0.15, 0.2) is 5.43 Å². The van der Waals surface area contributed by atoms with Gasteiger partial charge in [0.25, 0.3) is 0 Å². The number of pyridine rings is 1. The molecule has 2 nitrogen and oxygen atoms in total. The molecule has 0 unspecified atom stereocenters. The summed E-state index contributed by atoms with van der Waals surface area (Å²) in [6.45, 7) is 1.95. The number of benzene rings is 1. The zero-order valence-electron chi connectivity index (χ0n) is 8.81. The molecule has 2 aromatic rings. The van der Waals surface area contributed by atoms with Crippen molar-refractivity contribution in [3.05, 3.63) is 45.8 Å². The lowest BCUT2D eigenvalue weighted by Crippen LogP contribution is -2.08. The van der Waals surface area contributed by atoms with Gasteiger partial charge in [-0.15, -0.1) is 0 Å². The van der Waals surface area contributed by atoms with E-state index in [1.807, 2.05) is 6.92 Å². The summed E-state index contributed by atoms with van der Waals surface area (Å²) in [6, 6.07) is 3.31. The van der Waals surface area contributed by atoms with Crippen LogP contribution in [0.25, 0.3) is 10.9 Å². The number of halogens is 2. The van der Waals surface area contributed by atoms with Gasteiger partial charge in [-0.05, 0) is 18.6 Å². The second-order valence-corrected chi connectivity index (χ2v) is 3.69. The number of H-pyrrole nitrogens is 1. The normalized spacial score (nSPS) is 10.9. The van der Waals surface area contributed by atoms with Crippen LogP contribution in [0.5, 0.6) is 0 Å². The van der Waals surface area contributed by atoms with Crippen molar-refractivity contribution in [1.29, 1.82) is 0 Å². The molecule has 4 heteroatoms. The molecule has 1 aromatic carbocycles. The van der Waals surface area contributed by atoms with Gasteiger partial charge in [0.2, 0.25) is 0 Å².